The molecule has 1 aromatic carbocycles. The normalized spacial score (nSPS) is 14.5. The van der Waals surface area contributed by atoms with Crippen molar-refractivity contribution < 1.29 is 9.59 Å². The molecule has 0 spiro atoms. The van der Waals surface area contributed by atoms with Crippen LogP contribution in [0.2, 0.25) is 0 Å². The molecule has 0 N–H and O–H groups in total. The first-order valence-electron chi connectivity index (χ1n) is 7.91. The Balaban J connectivity index is 2.46. The van der Waals surface area contributed by atoms with E-state index >= 15 is 0 Å². The van der Waals surface area contributed by atoms with Gasteiger partial charge in [-0.1, -0.05) is 52.7 Å². The van der Waals surface area contributed by atoms with Crippen LogP contribution < -0.4 is 0 Å². The van der Waals surface area contributed by atoms with Crippen LogP contribution >= 0.6 is 0 Å². The molecule has 114 valence electrons. The molecule has 3 nitrogen and oxygen atoms in total. The minimum atomic E-state index is -0.109. The Hall–Kier alpha value is -1.64. The van der Waals surface area contributed by atoms with Crippen molar-refractivity contribution in [2.45, 2.75) is 53.4 Å². The first-order valence-corrected chi connectivity index (χ1v) is 7.91. The predicted octanol–water partition coefficient (Wildman–Crippen LogP) is 4.15. The van der Waals surface area contributed by atoms with Crippen LogP contribution in [0.5, 0.6) is 0 Å². The topological polar surface area (TPSA) is 37.4 Å². The summed E-state index contributed by atoms with van der Waals surface area (Å²) in [7, 11) is 0. The summed E-state index contributed by atoms with van der Waals surface area (Å²) in [5, 5.41) is 0. The summed E-state index contributed by atoms with van der Waals surface area (Å²) in [4.78, 5) is 26.9. The van der Waals surface area contributed by atoms with Crippen molar-refractivity contribution in [3.05, 3.63) is 34.4 Å². The van der Waals surface area contributed by atoms with E-state index in [1.54, 1.807) is 0 Å². The number of nitrogens with zero attached hydrogens (tertiary/aromatic N) is 1. The Labute approximate surface area is 127 Å². The fourth-order valence-corrected chi connectivity index (χ4v) is 3.04. The van der Waals surface area contributed by atoms with Gasteiger partial charge in [0.05, 0.1) is 11.1 Å². The fraction of sp³-hybridized carbons (Fsp3) is 0.556. The Kier molecular flexibility index (Phi) is 4.50. The molecule has 0 fully saturated rings. The standard InChI is InChI=1S/C18H25NO2/c1-6-13(7-2)10-19-17(20)15-12(5)8-9-14(11(3)4)16(15)18(19)21/h8-9,11,13H,6-7,10H2,1-5H3. The third-order valence-electron chi connectivity index (χ3n) is 4.58. The van der Waals surface area contributed by atoms with Crippen molar-refractivity contribution in [1.29, 1.82) is 0 Å². The van der Waals surface area contributed by atoms with E-state index in [0.717, 1.165) is 24.0 Å². The Morgan fingerprint density at radius 1 is 1.00 bits per heavy atom. The maximum atomic E-state index is 12.8. The zero-order valence-corrected chi connectivity index (χ0v) is 13.7. The van der Waals surface area contributed by atoms with Crippen molar-refractivity contribution in [3.63, 3.8) is 0 Å². The number of fused-ring (bicyclic) bond motifs is 1. The van der Waals surface area contributed by atoms with Gasteiger partial charge >= 0.3 is 0 Å². The molecule has 1 aliphatic rings. The van der Waals surface area contributed by atoms with Crippen molar-refractivity contribution in [2.24, 2.45) is 5.92 Å². The summed E-state index contributed by atoms with van der Waals surface area (Å²) in [6.07, 6.45) is 1.97. The molecule has 0 saturated heterocycles. The van der Waals surface area contributed by atoms with E-state index in [1.807, 2.05) is 19.1 Å². The Morgan fingerprint density at radius 3 is 2.10 bits per heavy atom. The quantitative estimate of drug-likeness (QED) is 0.763. The molecule has 2 amide bonds. The fourth-order valence-electron chi connectivity index (χ4n) is 3.04. The minimum Gasteiger partial charge on any atom is -0.274 e. The predicted molar refractivity (Wildman–Crippen MR) is 84.7 cm³/mol. The highest BCUT2D eigenvalue weighted by molar-refractivity contribution is 6.22. The average Bonchev–Trinajstić information content (AvgIpc) is 2.70. The lowest BCUT2D eigenvalue weighted by atomic mass is 9.92. The van der Waals surface area contributed by atoms with Gasteiger partial charge in [0.1, 0.15) is 0 Å². The zero-order valence-electron chi connectivity index (χ0n) is 13.7. The SMILES string of the molecule is CCC(CC)CN1C(=O)c2c(C)ccc(C(C)C)c2C1=O. The highest BCUT2D eigenvalue weighted by Crippen LogP contribution is 2.33. The summed E-state index contributed by atoms with van der Waals surface area (Å²) in [6, 6.07) is 3.95. The minimum absolute atomic E-state index is 0.102. The van der Waals surface area contributed by atoms with E-state index in [9.17, 15) is 9.59 Å². The van der Waals surface area contributed by atoms with Gasteiger partial charge in [-0.25, -0.2) is 0 Å². The smallest absolute Gasteiger partial charge is 0.261 e. The summed E-state index contributed by atoms with van der Waals surface area (Å²) < 4.78 is 0. The second-order valence-electron chi connectivity index (χ2n) is 6.28. The van der Waals surface area contributed by atoms with E-state index in [1.165, 1.54) is 4.90 Å². The molecule has 0 bridgehead atoms. The van der Waals surface area contributed by atoms with Crippen molar-refractivity contribution >= 4 is 11.8 Å². The molecule has 2 rings (SSSR count). The van der Waals surface area contributed by atoms with Crippen LogP contribution in [-0.4, -0.2) is 23.3 Å². The highest BCUT2D eigenvalue weighted by atomic mass is 16.2. The monoisotopic (exact) mass is 287 g/mol. The van der Waals surface area contributed by atoms with Crippen molar-refractivity contribution in [1.82, 2.24) is 4.90 Å². The van der Waals surface area contributed by atoms with Crippen LogP contribution in [0, 0.1) is 12.8 Å². The molecule has 0 atom stereocenters. The van der Waals surface area contributed by atoms with Crippen LogP contribution in [0.25, 0.3) is 0 Å². The van der Waals surface area contributed by atoms with Gasteiger partial charge < -0.3 is 0 Å². The number of imide groups is 1. The second kappa shape index (κ2) is 6.00. The van der Waals surface area contributed by atoms with Gasteiger partial charge in [-0.15, -0.1) is 0 Å². The summed E-state index contributed by atoms with van der Waals surface area (Å²) in [5.41, 5.74) is 3.15. The van der Waals surface area contributed by atoms with E-state index in [4.69, 9.17) is 0 Å². The van der Waals surface area contributed by atoms with Gasteiger partial charge in [0, 0.05) is 6.54 Å². The lowest BCUT2D eigenvalue weighted by Gasteiger charge is -2.20. The van der Waals surface area contributed by atoms with E-state index in [2.05, 4.69) is 27.7 Å². The van der Waals surface area contributed by atoms with Gasteiger partial charge in [0.2, 0.25) is 0 Å². The number of carbonyl (C=O) groups is 2. The molecule has 0 radical (unpaired) electrons. The lowest BCUT2D eigenvalue weighted by Crippen LogP contribution is -2.34. The van der Waals surface area contributed by atoms with Gasteiger partial charge in [-0.05, 0) is 29.9 Å². The van der Waals surface area contributed by atoms with Gasteiger partial charge in [-0.3, -0.25) is 14.5 Å². The number of carbonyl (C=O) groups excluding carboxylic acids is 2. The number of hydrogen-bond donors (Lipinski definition) is 0. The molecule has 21 heavy (non-hydrogen) atoms. The van der Waals surface area contributed by atoms with E-state index < -0.39 is 0 Å². The molecule has 1 aromatic rings. The zero-order chi connectivity index (χ0) is 15.7. The summed E-state index contributed by atoms with van der Waals surface area (Å²) >= 11 is 0. The van der Waals surface area contributed by atoms with Crippen molar-refractivity contribution in [2.75, 3.05) is 6.54 Å². The molecule has 3 heteroatoms. The third-order valence-corrected chi connectivity index (χ3v) is 4.58. The Morgan fingerprint density at radius 2 is 1.57 bits per heavy atom. The van der Waals surface area contributed by atoms with Crippen LogP contribution in [0.15, 0.2) is 12.1 Å². The molecular weight excluding hydrogens is 262 g/mol. The van der Waals surface area contributed by atoms with E-state index in [-0.39, 0.29) is 17.7 Å². The third kappa shape index (κ3) is 2.61. The first-order chi connectivity index (χ1) is 9.92. The molecule has 1 aliphatic heterocycles. The Bertz CT molecular complexity index is 571. The number of hydrogen-bond acceptors (Lipinski definition) is 2. The van der Waals surface area contributed by atoms with Crippen molar-refractivity contribution in [3.8, 4) is 0 Å². The summed E-state index contributed by atoms with van der Waals surface area (Å²) in [5.74, 6) is 0.412. The molecular formula is C18H25NO2. The van der Waals surface area contributed by atoms with Gasteiger partial charge in [0.15, 0.2) is 0 Å². The average molecular weight is 287 g/mol. The second-order valence-corrected chi connectivity index (χ2v) is 6.28. The molecule has 0 unspecified atom stereocenters. The molecule has 1 heterocycles. The largest absolute Gasteiger partial charge is 0.274 e. The van der Waals surface area contributed by atoms with Gasteiger partial charge in [-0.2, -0.15) is 0 Å². The van der Waals surface area contributed by atoms with E-state index in [0.29, 0.717) is 23.6 Å². The maximum absolute atomic E-state index is 12.8. The lowest BCUT2D eigenvalue weighted by molar-refractivity contribution is 0.0625. The van der Waals surface area contributed by atoms with Gasteiger partial charge in [0.25, 0.3) is 11.8 Å². The maximum Gasteiger partial charge on any atom is 0.261 e. The molecule has 0 aliphatic carbocycles. The van der Waals surface area contributed by atoms with Crippen LogP contribution in [0.4, 0.5) is 0 Å². The van der Waals surface area contributed by atoms with Crippen LogP contribution in [0.3, 0.4) is 0 Å². The number of benzene rings is 1. The number of rotatable bonds is 5. The molecule has 0 aromatic heterocycles. The highest BCUT2D eigenvalue weighted by Gasteiger charge is 2.39. The van der Waals surface area contributed by atoms with Crippen LogP contribution in [-0.2, 0) is 0 Å². The van der Waals surface area contributed by atoms with Crippen LogP contribution in [0.1, 0.15) is 78.3 Å². The first kappa shape index (κ1) is 15.7. The number of aryl methyl sites for hydroxylation is 1. The molecule has 0 saturated carbocycles. The summed E-state index contributed by atoms with van der Waals surface area (Å²) in [6.45, 7) is 10.8. The number of amides is 2.